The van der Waals surface area contributed by atoms with Gasteiger partial charge in [-0.2, -0.15) is 0 Å². The summed E-state index contributed by atoms with van der Waals surface area (Å²) in [7, 11) is 0. The molecule has 2 heterocycles. The fourth-order valence-corrected chi connectivity index (χ4v) is 3.08. The van der Waals surface area contributed by atoms with E-state index in [1.165, 1.54) is 5.56 Å². The monoisotopic (exact) mass is 304 g/mol. The highest BCUT2D eigenvalue weighted by Crippen LogP contribution is 2.15. The summed E-state index contributed by atoms with van der Waals surface area (Å²) < 4.78 is 0. The standard InChI is InChI=1S/C16H24N4S/c1-5-17-8-6-7-15-11(2)18-16(19-12(15)3)9-14-10-21-13(4)20-14/h10,17H,5-9H2,1-4H3. The van der Waals surface area contributed by atoms with Gasteiger partial charge in [0.15, 0.2) is 0 Å². The summed E-state index contributed by atoms with van der Waals surface area (Å²) in [5.41, 5.74) is 4.59. The second-order valence-electron chi connectivity index (χ2n) is 5.28. The number of nitrogens with zero attached hydrogens (tertiary/aromatic N) is 3. The number of nitrogens with one attached hydrogen (secondary N) is 1. The van der Waals surface area contributed by atoms with Crippen LogP contribution in [-0.2, 0) is 12.8 Å². The predicted molar refractivity (Wildman–Crippen MR) is 88.0 cm³/mol. The van der Waals surface area contributed by atoms with Crippen molar-refractivity contribution < 1.29 is 0 Å². The van der Waals surface area contributed by atoms with E-state index in [1.54, 1.807) is 11.3 Å². The molecule has 0 aromatic carbocycles. The van der Waals surface area contributed by atoms with Gasteiger partial charge in [0, 0.05) is 16.8 Å². The molecule has 0 saturated carbocycles. The Morgan fingerprint density at radius 2 is 1.81 bits per heavy atom. The third kappa shape index (κ3) is 4.58. The van der Waals surface area contributed by atoms with Gasteiger partial charge in [0.05, 0.1) is 17.1 Å². The Kier molecular flexibility index (Phi) is 5.82. The molecule has 0 aliphatic carbocycles. The van der Waals surface area contributed by atoms with Gasteiger partial charge in [-0.05, 0) is 52.3 Å². The van der Waals surface area contributed by atoms with Gasteiger partial charge in [0.2, 0.25) is 0 Å². The van der Waals surface area contributed by atoms with Crippen LogP contribution in [0.1, 0.15) is 46.8 Å². The summed E-state index contributed by atoms with van der Waals surface area (Å²) in [5.74, 6) is 0.880. The molecule has 0 amide bonds. The van der Waals surface area contributed by atoms with E-state index in [9.17, 15) is 0 Å². The van der Waals surface area contributed by atoms with E-state index in [2.05, 4.69) is 46.4 Å². The summed E-state index contributed by atoms with van der Waals surface area (Å²) in [5, 5.41) is 6.54. The normalized spacial score (nSPS) is 11.0. The lowest BCUT2D eigenvalue weighted by Gasteiger charge is -2.10. The molecule has 0 bridgehead atoms. The third-order valence-electron chi connectivity index (χ3n) is 3.50. The maximum Gasteiger partial charge on any atom is 0.134 e. The van der Waals surface area contributed by atoms with Crippen molar-refractivity contribution in [3.63, 3.8) is 0 Å². The third-order valence-corrected chi connectivity index (χ3v) is 4.33. The Bertz CT molecular complexity index is 569. The van der Waals surface area contributed by atoms with Crippen LogP contribution in [0.5, 0.6) is 0 Å². The van der Waals surface area contributed by atoms with Crippen molar-refractivity contribution >= 4 is 11.3 Å². The molecular formula is C16H24N4S. The molecule has 2 aromatic heterocycles. The zero-order chi connectivity index (χ0) is 15.2. The quantitative estimate of drug-likeness (QED) is 0.799. The van der Waals surface area contributed by atoms with Crippen LogP contribution in [0.2, 0.25) is 0 Å². The summed E-state index contributed by atoms with van der Waals surface area (Å²) in [6.07, 6.45) is 2.90. The van der Waals surface area contributed by atoms with Crippen LogP contribution >= 0.6 is 11.3 Å². The molecule has 0 saturated heterocycles. The lowest BCUT2D eigenvalue weighted by atomic mass is 10.1. The maximum atomic E-state index is 4.67. The Morgan fingerprint density at radius 1 is 1.10 bits per heavy atom. The van der Waals surface area contributed by atoms with Gasteiger partial charge in [-0.3, -0.25) is 0 Å². The van der Waals surface area contributed by atoms with Crippen molar-refractivity contribution in [1.29, 1.82) is 0 Å². The zero-order valence-corrected chi connectivity index (χ0v) is 14.2. The molecule has 114 valence electrons. The van der Waals surface area contributed by atoms with Gasteiger partial charge in [0.25, 0.3) is 0 Å². The van der Waals surface area contributed by atoms with Gasteiger partial charge >= 0.3 is 0 Å². The van der Waals surface area contributed by atoms with Crippen LogP contribution in [0.15, 0.2) is 5.38 Å². The SMILES string of the molecule is CCNCCCc1c(C)nc(Cc2csc(C)n2)nc1C. The first-order chi connectivity index (χ1) is 10.1. The molecule has 0 aliphatic rings. The molecule has 2 aromatic rings. The van der Waals surface area contributed by atoms with Crippen LogP contribution < -0.4 is 5.32 Å². The number of rotatable bonds is 7. The Morgan fingerprint density at radius 3 is 2.38 bits per heavy atom. The molecular weight excluding hydrogens is 280 g/mol. The van der Waals surface area contributed by atoms with Gasteiger partial charge < -0.3 is 5.32 Å². The minimum Gasteiger partial charge on any atom is -0.317 e. The predicted octanol–water partition coefficient (Wildman–Crippen LogP) is 2.99. The van der Waals surface area contributed by atoms with Gasteiger partial charge in [-0.1, -0.05) is 6.92 Å². The van der Waals surface area contributed by atoms with Crippen LogP contribution in [-0.4, -0.2) is 28.0 Å². The van der Waals surface area contributed by atoms with E-state index in [-0.39, 0.29) is 0 Å². The lowest BCUT2D eigenvalue weighted by molar-refractivity contribution is 0.666. The van der Waals surface area contributed by atoms with Gasteiger partial charge in [-0.25, -0.2) is 15.0 Å². The largest absolute Gasteiger partial charge is 0.317 e. The van der Waals surface area contributed by atoms with Gasteiger partial charge in [0.1, 0.15) is 5.82 Å². The molecule has 0 fully saturated rings. The number of aromatic nitrogens is 3. The summed E-state index contributed by atoms with van der Waals surface area (Å²) in [6, 6.07) is 0. The minimum absolute atomic E-state index is 0.726. The van der Waals surface area contributed by atoms with Crippen LogP contribution in [0.25, 0.3) is 0 Å². The van der Waals surface area contributed by atoms with E-state index in [0.717, 1.165) is 60.3 Å². The first-order valence-corrected chi connectivity index (χ1v) is 8.42. The van der Waals surface area contributed by atoms with E-state index in [1.807, 2.05) is 6.92 Å². The average molecular weight is 304 g/mol. The summed E-state index contributed by atoms with van der Waals surface area (Å²) in [6.45, 7) is 10.4. The topological polar surface area (TPSA) is 50.7 Å². The Labute approximate surface area is 131 Å². The smallest absolute Gasteiger partial charge is 0.134 e. The zero-order valence-electron chi connectivity index (χ0n) is 13.4. The number of thiazole rings is 1. The summed E-state index contributed by atoms with van der Waals surface area (Å²) >= 11 is 1.68. The van der Waals surface area contributed by atoms with Gasteiger partial charge in [-0.15, -0.1) is 11.3 Å². The number of hydrogen-bond acceptors (Lipinski definition) is 5. The minimum atomic E-state index is 0.726. The second kappa shape index (κ2) is 7.61. The van der Waals surface area contributed by atoms with Crippen molar-refractivity contribution in [2.45, 2.75) is 47.0 Å². The maximum absolute atomic E-state index is 4.67. The highest BCUT2D eigenvalue weighted by molar-refractivity contribution is 7.09. The van der Waals surface area contributed by atoms with E-state index >= 15 is 0 Å². The average Bonchev–Trinajstić information content (AvgIpc) is 2.82. The van der Waals surface area contributed by atoms with Crippen molar-refractivity contribution in [2.24, 2.45) is 0 Å². The van der Waals surface area contributed by atoms with Crippen molar-refractivity contribution in [2.75, 3.05) is 13.1 Å². The molecule has 0 aliphatic heterocycles. The second-order valence-corrected chi connectivity index (χ2v) is 6.34. The Hall–Kier alpha value is -1.33. The van der Waals surface area contributed by atoms with E-state index in [4.69, 9.17) is 0 Å². The highest BCUT2D eigenvalue weighted by Gasteiger charge is 2.10. The van der Waals surface area contributed by atoms with Crippen LogP contribution in [0.4, 0.5) is 0 Å². The molecule has 21 heavy (non-hydrogen) atoms. The molecule has 0 atom stereocenters. The molecule has 5 heteroatoms. The van der Waals surface area contributed by atoms with Crippen LogP contribution in [0, 0.1) is 20.8 Å². The highest BCUT2D eigenvalue weighted by atomic mass is 32.1. The van der Waals surface area contributed by atoms with E-state index < -0.39 is 0 Å². The van der Waals surface area contributed by atoms with Crippen molar-refractivity contribution in [1.82, 2.24) is 20.3 Å². The number of aryl methyl sites for hydroxylation is 3. The molecule has 4 nitrogen and oxygen atoms in total. The fraction of sp³-hybridized carbons (Fsp3) is 0.562. The molecule has 1 N–H and O–H groups in total. The molecule has 0 unspecified atom stereocenters. The molecule has 0 spiro atoms. The molecule has 2 rings (SSSR count). The van der Waals surface area contributed by atoms with Crippen molar-refractivity contribution in [3.8, 4) is 0 Å². The first kappa shape index (κ1) is 16.0. The summed E-state index contributed by atoms with van der Waals surface area (Å²) in [4.78, 5) is 13.8. The number of hydrogen-bond donors (Lipinski definition) is 1. The van der Waals surface area contributed by atoms with E-state index in [0.29, 0.717) is 0 Å². The lowest BCUT2D eigenvalue weighted by Crippen LogP contribution is -2.15. The molecule has 0 radical (unpaired) electrons. The van der Waals surface area contributed by atoms with Crippen LogP contribution in [0.3, 0.4) is 0 Å². The Balaban J connectivity index is 2.05. The first-order valence-electron chi connectivity index (χ1n) is 7.55. The fourth-order valence-electron chi connectivity index (χ4n) is 2.47. The van der Waals surface area contributed by atoms with Crippen molar-refractivity contribution in [3.05, 3.63) is 38.9 Å².